The minimum atomic E-state index is -1.01. The number of hydrogen-bond donors (Lipinski definition) is 5. The highest BCUT2D eigenvalue weighted by Gasteiger charge is 2.33. The van der Waals surface area contributed by atoms with Crippen LogP contribution in [0.5, 0.6) is 11.5 Å². The van der Waals surface area contributed by atoms with Gasteiger partial charge in [-0.2, -0.15) is 0 Å². The molecular weight excluding hydrogens is 821 g/mol. The Labute approximate surface area is 369 Å². The molecule has 0 aromatic heterocycles. The van der Waals surface area contributed by atoms with E-state index in [4.69, 9.17) is 33.2 Å². The van der Waals surface area contributed by atoms with Gasteiger partial charge in [-0.25, -0.2) is 9.59 Å². The van der Waals surface area contributed by atoms with Gasteiger partial charge >= 0.3 is 18.0 Å². The van der Waals surface area contributed by atoms with Crippen molar-refractivity contribution < 1.29 is 62.5 Å². The number of esters is 1. The molecule has 3 heterocycles. The van der Waals surface area contributed by atoms with Crippen LogP contribution in [0.25, 0.3) is 0 Å². The second-order valence-electron chi connectivity index (χ2n) is 16.1. The molecule has 3 aliphatic heterocycles. The van der Waals surface area contributed by atoms with Crippen molar-refractivity contribution in [1.82, 2.24) is 30.7 Å². The maximum atomic E-state index is 13.6. The van der Waals surface area contributed by atoms with Crippen LogP contribution in [-0.4, -0.2) is 191 Å². The van der Waals surface area contributed by atoms with Gasteiger partial charge in [0.05, 0.1) is 33.0 Å². The third-order valence-electron chi connectivity index (χ3n) is 10.5. The molecule has 63 heavy (non-hydrogen) atoms. The number of aliphatic hydroxyl groups excluding tert-OH is 2. The highest BCUT2D eigenvalue weighted by Crippen LogP contribution is 2.22. The van der Waals surface area contributed by atoms with E-state index >= 15 is 0 Å². The van der Waals surface area contributed by atoms with E-state index < -0.39 is 18.0 Å². The summed E-state index contributed by atoms with van der Waals surface area (Å²) in [5, 5.41) is 30.2. The van der Waals surface area contributed by atoms with Crippen molar-refractivity contribution in [1.29, 1.82) is 0 Å². The van der Waals surface area contributed by atoms with Crippen LogP contribution in [0.15, 0.2) is 48.5 Å². The summed E-state index contributed by atoms with van der Waals surface area (Å²) >= 11 is 0. The van der Waals surface area contributed by atoms with E-state index in [1.165, 1.54) is 4.90 Å². The van der Waals surface area contributed by atoms with Crippen LogP contribution in [0, 0.1) is 0 Å². The van der Waals surface area contributed by atoms with E-state index in [9.17, 15) is 29.4 Å². The molecule has 3 fully saturated rings. The van der Waals surface area contributed by atoms with E-state index in [0.29, 0.717) is 103 Å². The van der Waals surface area contributed by atoms with E-state index in [-0.39, 0.29) is 82.3 Å². The van der Waals surface area contributed by atoms with Crippen LogP contribution >= 0.6 is 0 Å². The molecule has 0 radical (unpaired) electrons. The molecule has 5 amide bonds. The number of rotatable bonds is 24. The number of nitrogens with zero attached hydrogens (tertiary/aromatic N) is 3. The van der Waals surface area contributed by atoms with Gasteiger partial charge in [0, 0.05) is 78.3 Å². The molecule has 3 aliphatic rings. The summed E-state index contributed by atoms with van der Waals surface area (Å²) in [7, 11) is 0. The first-order valence-electron chi connectivity index (χ1n) is 21.9. The Morgan fingerprint density at radius 2 is 1.30 bits per heavy atom. The number of urea groups is 2. The molecule has 5 N–H and O–H groups in total. The van der Waals surface area contributed by atoms with Gasteiger partial charge in [0.15, 0.2) is 5.79 Å². The first-order chi connectivity index (χ1) is 30.4. The minimum absolute atomic E-state index is 0.00495. The van der Waals surface area contributed by atoms with Gasteiger partial charge < -0.3 is 74.0 Å². The number of aliphatic hydroxyl groups is 2. The summed E-state index contributed by atoms with van der Waals surface area (Å²) in [6, 6.07) is 14.2. The minimum Gasteiger partial charge on any atom is -0.491 e. The summed E-state index contributed by atoms with van der Waals surface area (Å²) in [5.74, 6) is -0.0959. The van der Waals surface area contributed by atoms with Gasteiger partial charge in [-0.05, 0) is 62.1 Å². The van der Waals surface area contributed by atoms with Crippen LogP contribution in [-0.2, 0) is 46.1 Å². The zero-order valence-electron chi connectivity index (χ0n) is 36.6. The zero-order valence-corrected chi connectivity index (χ0v) is 36.6. The molecule has 5 rings (SSSR count). The summed E-state index contributed by atoms with van der Waals surface area (Å²) in [6.07, 6.45) is -0.766. The SMILES string of the molecule is CC1(C)OC[C@@H](COC(=O)CCc2ccc(OC[C@@H](O)CN(CCNC(=O)N3CCOCC3)C(=O)CCc3ccc(OC[C@@H](O)CNCCNC(=O)N4CCOCC4)cc3)cc2)O1. The average Bonchev–Trinajstić information content (AvgIpc) is 3.66. The third kappa shape index (κ3) is 18.5. The van der Waals surface area contributed by atoms with Gasteiger partial charge in [-0.1, -0.05) is 24.3 Å². The highest BCUT2D eigenvalue weighted by molar-refractivity contribution is 5.77. The fourth-order valence-electron chi connectivity index (χ4n) is 6.91. The third-order valence-corrected chi connectivity index (χ3v) is 10.5. The molecule has 2 aromatic carbocycles. The Morgan fingerprint density at radius 1 is 0.762 bits per heavy atom. The van der Waals surface area contributed by atoms with Crippen LogP contribution in [0.1, 0.15) is 37.8 Å². The van der Waals surface area contributed by atoms with Crippen molar-refractivity contribution in [3.8, 4) is 11.5 Å². The lowest BCUT2D eigenvalue weighted by atomic mass is 10.1. The molecule has 3 atom stereocenters. The predicted molar refractivity (Wildman–Crippen MR) is 229 cm³/mol. The monoisotopic (exact) mass is 886 g/mol. The molecule has 0 aliphatic carbocycles. The number of benzene rings is 2. The summed E-state index contributed by atoms with van der Waals surface area (Å²) in [6.45, 7) is 9.92. The summed E-state index contributed by atoms with van der Waals surface area (Å²) < 4.78 is 38.7. The number of carbonyl (C=O) groups excluding carboxylic acids is 4. The van der Waals surface area contributed by atoms with E-state index in [0.717, 1.165) is 11.1 Å². The maximum Gasteiger partial charge on any atom is 0.317 e. The molecule has 19 heteroatoms. The number of nitrogens with one attached hydrogen (secondary N) is 3. The lowest BCUT2D eigenvalue weighted by molar-refractivity contribution is -0.158. The lowest BCUT2D eigenvalue weighted by Gasteiger charge is -2.29. The molecule has 350 valence electrons. The molecule has 0 spiro atoms. The van der Waals surface area contributed by atoms with E-state index in [1.54, 1.807) is 34.1 Å². The predicted octanol–water partition coefficient (Wildman–Crippen LogP) is 0.928. The molecule has 0 unspecified atom stereocenters. The number of amides is 5. The first-order valence-corrected chi connectivity index (χ1v) is 21.9. The van der Waals surface area contributed by atoms with Crippen molar-refractivity contribution >= 4 is 23.9 Å². The highest BCUT2D eigenvalue weighted by atomic mass is 16.7. The Kier molecular flexibility index (Phi) is 20.4. The van der Waals surface area contributed by atoms with E-state index in [1.807, 2.05) is 38.1 Å². The van der Waals surface area contributed by atoms with Crippen LogP contribution in [0.2, 0.25) is 0 Å². The molecule has 0 saturated carbocycles. The van der Waals surface area contributed by atoms with Crippen LogP contribution in [0.3, 0.4) is 0 Å². The van der Waals surface area contributed by atoms with Crippen molar-refractivity contribution in [2.75, 3.05) is 118 Å². The summed E-state index contributed by atoms with van der Waals surface area (Å²) in [4.78, 5) is 55.6. The fraction of sp³-hybridized carbons (Fsp3) is 0.636. The van der Waals surface area contributed by atoms with E-state index in [2.05, 4.69) is 16.0 Å². The second-order valence-corrected chi connectivity index (χ2v) is 16.1. The van der Waals surface area contributed by atoms with Crippen LogP contribution in [0.4, 0.5) is 9.59 Å². The van der Waals surface area contributed by atoms with Crippen molar-refractivity contribution in [2.45, 2.75) is 63.6 Å². The second kappa shape index (κ2) is 26.1. The molecule has 2 aromatic rings. The van der Waals surface area contributed by atoms with Gasteiger partial charge in [-0.3, -0.25) is 9.59 Å². The molecule has 3 saturated heterocycles. The Hall–Kier alpha value is -4.76. The Bertz CT molecular complexity index is 1690. The largest absolute Gasteiger partial charge is 0.491 e. The smallest absolute Gasteiger partial charge is 0.317 e. The average molecular weight is 887 g/mol. The Balaban J connectivity index is 1.01. The fourth-order valence-corrected chi connectivity index (χ4v) is 6.91. The number of aryl methyl sites for hydroxylation is 2. The quantitative estimate of drug-likeness (QED) is 0.0733. The Morgan fingerprint density at radius 3 is 1.86 bits per heavy atom. The molecular formula is C44H66N6O13. The van der Waals surface area contributed by atoms with Crippen LogP contribution < -0.4 is 25.4 Å². The molecule has 19 nitrogen and oxygen atoms in total. The maximum absolute atomic E-state index is 13.6. The number of hydrogen-bond acceptors (Lipinski definition) is 14. The van der Waals surface area contributed by atoms with Crippen molar-refractivity contribution in [2.24, 2.45) is 0 Å². The van der Waals surface area contributed by atoms with Gasteiger partial charge in [0.2, 0.25) is 5.91 Å². The number of morpholine rings is 2. The van der Waals surface area contributed by atoms with Gasteiger partial charge in [0.25, 0.3) is 0 Å². The summed E-state index contributed by atoms with van der Waals surface area (Å²) in [5.41, 5.74) is 1.82. The van der Waals surface area contributed by atoms with Gasteiger partial charge in [-0.15, -0.1) is 0 Å². The molecule has 0 bridgehead atoms. The normalized spacial score (nSPS) is 18.3. The van der Waals surface area contributed by atoms with Crippen molar-refractivity contribution in [3.05, 3.63) is 59.7 Å². The van der Waals surface area contributed by atoms with Crippen molar-refractivity contribution in [3.63, 3.8) is 0 Å². The zero-order chi connectivity index (χ0) is 44.9. The number of ether oxygens (including phenoxy) is 7. The first kappa shape index (κ1) is 49.3. The topological polar surface area (TPSA) is 219 Å². The van der Waals surface area contributed by atoms with Gasteiger partial charge in [0.1, 0.15) is 49.6 Å². The number of carbonyl (C=O) groups is 4. The lowest BCUT2D eigenvalue weighted by Crippen LogP contribution is -2.49. The standard InChI is InChI=1S/C44H66N6O13/c1-44(2)62-32-39(63-44)31-61-41(54)14-8-34-5-11-38(12-6-34)60-30-36(52)28-50(18-17-47-43(56)49-21-25-58-26-22-49)40(53)13-7-33-3-9-37(10-4-33)59-29-35(51)27-45-15-16-46-42(55)48-19-23-57-24-20-48/h3-6,9-12,35-36,39,45,51-52H,7-8,13-32H2,1-2H3,(H,46,55)(H,47,56)/t35-,36-,39+/m0/s1.